The summed E-state index contributed by atoms with van der Waals surface area (Å²) in [6.45, 7) is 0. The van der Waals surface area contributed by atoms with Crippen LogP contribution in [0.15, 0.2) is 36.4 Å². The zero-order valence-corrected chi connectivity index (χ0v) is 17.2. The standard InChI is InChI=1S/C26H34N2/c27-19-3-1-2-4-21-5-7-22(8-6-21)9-10-23-11-15-25(16-12-23)26-17-13-24(20-28)14-18-26/h1,3,13-14,17-18,21-23,25H,2,4-12,15-16H2/b3-1+/t21-,22-,23-,25-. The number of benzene rings is 1. The molecule has 2 saturated carbocycles. The molecular weight excluding hydrogens is 340 g/mol. The largest absolute Gasteiger partial charge is 0.193 e. The Morgan fingerprint density at radius 2 is 1.29 bits per heavy atom. The highest BCUT2D eigenvalue weighted by Gasteiger charge is 2.25. The van der Waals surface area contributed by atoms with Crippen LogP contribution < -0.4 is 0 Å². The van der Waals surface area contributed by atoms with Gasteiger partial charge in [0.05, 0.1) is 17.7 Å². The van der Waals surface area contributed by atoms with E-state index < -0.39 is 0 Å². The third kappa shape index (κ3) is 6.24. The lowest BCUT2D eigenvalue weighted by Crippen LogP contribution is -2.17. The second kappa shape index (κ2) is 11.1. The van der Waals surface area contributed by atoms with Gasteiger partial charge in [-0.2, -0.15) is 10.5 Å². The van der Waals surface area contributed by atoms with Gasteiger partial charge >= 0.3 is 0 Å². The minimum atomic E-state index is 0.703. The lowest BCUT2D eigenvalue weighted by Gasteiger charge is -2.32. The number of hydrogen-bond acceptors (Lipinski definition) is 2. The Labute approximate surface area is 171 Å². The zero-order chi connectivity index (χ0) is 19.6. The van der Waals surface area contributed by atoms with Crippen molar-refractivity contribution < 1.29 is 0 Å². The fourth-order valence-corrected chi connectivity index (χ4v) is 5.36. The minimum absolute atomic E-state index is 0.703. The fraction of sp³-hybridized carbons (Fsp3) is 0.615. The molecule has 3 rings (SSSR count). The molecule has 2 fully saturated rings. The number of allylic oxidation sites excluding steroid dienone is 2. The molecule has 0 heterocycles. The summed E-state index contributed by atoms with van der Waals surface area (Å²) in [6.07, 6.45) is 19.9. The molecule has 0 bridgehead atoms. The first kappa shape index (κ1) is 20.7. The SMILES string of the molecule is N#C/C=C/CC[C@H]1CC[C@H](CC[C@H]2CC[C@H](c3ccc(C#N)cc3)CC2)CC1. The molecule has 0 atom stereocenters. The molecular formula is C26H34N2. The van der Waals surface area contributed by atoms with Crippen LogP contribution in [0, 0.1) is 40.4 Å². The molecule has 0 saturated heterocycles. The molecule has 1 aromatic rings. The molecule has 2 nitrogen and oxygen atoms in total. The van der Waals surface area contributed by atoms with E-state index in [4.69, 9.17) is 10.5 Å². The summed E-state index contributed by atoms with van der Waals surface area (Å²) >= 11 is 0. The smallest absolute Gasteiger partial charge is 0.0991 e. The van der Waals surface area contributed by atoms with Gasteiger partial charge in [-0.3, -0.25) is 0 Å². The highest BCUT2D eigenvalue weighted by molar-refractivity contribution is 5.33. The second-order valence-corrected chi connectivity index (χ2v) is 9.02. The molecule has 0 amide bonds. The number of rotatable bonds is 7. The van der Waals surface area contributed by atoms with E-state index in [0.717, 1.165) is 29.7 Å². The molecule has 0 unspecified atom stereocenters. The average molecular weight is 375 g/mol. The van der Waals surface area contributed by atoms with Crippen LogP contribution in [0.2, 0.25) is 0 Å². The van der Waals surface area contributed by atoms with Gasteiger partial charge in [-0.15, -0.1) is 0 Å². The van der Waals surface area contributed by atoms with E-state index in [1.807, 2.05) is 18.2 Å². The Morgan fingerprint density at radius 1 is 0.750 bits per heavy atom. The van der Waals surface area contributed by atoms with E-state index >= 15 is 0 Å². The summed E-state index contributed by atoms with van der Waals surface area (Å²) in [6, 6.07) is 12.6. The van der Waals surface area contributed by atoms with Crippen molar-refractivity contribution in [3.05, 3.63) is 47.5 Å². The maximum Gasteiger partial charge on any atom is 0.0991 e. The first-order valence-electron chi connectivity index (χ1n) is 11.3. The molecule has 0 aromatic heterocycles. The van der Waals surface area contributed by atoms with E-state index in [9.17, 15) is 0 Å². The molecule has 28 heavy (non-hydrogen) atoms. The Balaban J connectivity index is 1.31. The van der Waals surface area contributed by atoms with Crippen molar-refractivity contribution in [3.8, 4) is 12.1 Å². The van der Waals surface area contributed by atoms with Crippen LogP contribution in [0.3, 0.4) is 0 Å². The molecule has 2 aliphatic rings. The van der Waals surface area contributed by atoms with Crippen molar-refractivity contribution in [2.75, 3.05) is 0 Å². The van der Waals surface area contributed by atoms with Gasteiger partial charge in [0.1, 0.15) is 0 Å². The van der Waals surface area contributed by atoms with Gasteiger partial charge in [0, 0.05) is 6.08 Å². The molecule has 1 aromatic carbocycles. The van der Waals surface area contributed by atoms with Gasteiger partial charge in [0.15, 0.2) is 0 Å². The highest BCUT2D eigenvalue weighted by Crippen LogP contribution is 2.40. The van der Waals surface area contributed by atoms with Crippen LogP contribution in [0.1, 0.15) is 94.1 Å². The van der Waals surface area contributed by atoms with E-state index in [-0.39, 0.29) is 0 Å². The lowest BCUT2D eigenvalue weighted by atomic mass is 9.74. The average Bonchev–Trinajstić information content (AvgIpc) is 2.76. The predicted molar refractivity (Wildman–Crippen MR) is 115 cm³/mol. The Morgan fingerprint density at radius 3 is 1.82 bits per heavy atom. The summed E-state index contributed by atoms with van der Waals surface area (Å²) in [5.41, 5.74) is 2.20. The highest BCUT2D eigenvalue weighted by atomic mass is 14.3. The lowest BCUT2D eigenvalue weighted by molar-refractivity contribution is 0.225. The molecule has 2 heteroatoms. The fourth-order valence-electron chi connectivity index (χ4n) is 5.36. The summed E-state index contributed by atoms with van der Waals surface area (Å²) < 4.78 is 0. The second-order valence-electron chi connectivity index (χ2n) is 9.02. The van der Waals surface area contributed by atoms with Crippen LogP contribution in [0.4, 0.5) is 0 Å². The molecule has 0 N–H and O–H groups in total. The van der Waals surface area contributed by atoms with Crippen LogP contribution in [0.5, 0.6) is 0 Å². The Hall–Kier alpha value is -2.06. The number of hydrogen-bond donors (Lipinski definition) is 0. The topological polar surface area (TPSA) is 47.6 Å². The summed E-state index contributed by atoms with van der Waals surface area (Å²) in [7, 11) is 0. The van der Waals surface area contributed by atoms with Crippen LogP contribution in [-0.2, 0) is 0 Å². The normalized spacial score (nSPS) is 27.9. The first-order valence-corrected chi connectivity index (χ1v) is 11.3. The molecule has 2 aliphatic carbocycles. The number of nitrogens with zero attached hydrogens (tertiary/aromatic N) is 2. The van der Waals surface area contributed by atoms with Crippen LogP contribution in [0.25, 0.3) is 0 Å². The maximum absolute atomic E-state index is 8.95. The van der Waals surface area contributed by atoms with Gasteiger partial charge in [-0.05, 0) is 79.9 Å². The Kier molecular flexibility index (Phi) is 8.17. The Bertz CT molecular complexity index is 687. The van der Waals surface area contributed by atoms with E-state index in [2.05, 4.69) is 24.3 Å². The third-order valence-corrected chi connectivity index (χ3v) is 7.24. The van der Waals surface area contributed by atoms with Crippen LogP contribution >= 0.6 is 0 Å². The molecule has 148 valence electrons. The minimum Gasteiger partial charge on any atom is -0.193 e. The van der Waals surface area contributed by atoms with E-state index in [1.165, 1.54) is 76.2 Å². The summed E-state index contributed by atoms with van der Waals surface area (Å²) in [4.78, 5) is 0. The van der Waals surface area contributed by atoms with Crippen molar-refractivity contribution in [3.63, 3.8) is 0 Å². The monoisotopic (exact) mass is 374 g/mol. The van der Waals surface area contributed by atoms with Crippen molar-refractivity contribution in [2.45, 2.75) is 83.0 Å². The molecule has 0 aliphatic heterocycles. The van der Waals surface area contributed by atoms with Crippen molar-refractivity contribution in [1.82, 2.24) is 0 Å². The van der Waals surface area contributed by atoms with Crippen molar-refractivity contribution in [2.24, 2.45) is 17.8 Å². The third-order valence-electron chi connectivity index (χ3n) is 7.24. The summed E-state index contributed by atoms with van der Waals surface area (Å²) in [5, 5.41) is 17.5. The van der Waals surface area contributed by atoms with Crippen molar-refractivity contribution in [1.29, 1.82) is 10.5 Å². The quantitative estimate of drug-likeness (QED) is 0.471. The summed E-state index contributed by atoms with van der Waals surface area (Å²) in [5.74, 6) is 3.49. The van der Waals surface area contributed by atoms with E-state index in [1.54, 1.807) is 6.08 Å². The van der Waals surface area contributed by atoms with Gasteiger partial charge in [0.2, 0.25) is 0 Å². The first-order chi connectivity index (χ1) is 13.8. The van der Waals surface area contributed by atoms with E-state index in [0.29, 0.717) is 5.92 Å². The van der Waals surface area contributed by atoms with Crippen molar-refractivity contribution >= 4 is 0 Å². The van der Waals surface area contributed by atoms with Gasteiger partial charge in [-0.1, -0.05) is 56.7 Å². The van der Waals surface area contributed by atoms with Gasteiger partial charge in [0.25, 0.3) is 0 Å². The zero-order valence-electron chi connectivity index (χ0n) is 17.2. The number of nitriles is 2. The molecule has 0 radical (unpaired) electrons. The predicted octanol–water partition coefficient (Wildman–Crippen LogP) is 7.28. The van der Waals surface area contributed by atoms with Gasteiger partial charge in [-0.25, -0.2) is 0 Å². The molecule has 0 spiro atoms. The van der Waals surface area contributed by atoms with Crippen LogP contribution in [-0.4, -0.2) is 0 Å². The van der Waals surface area contributed by atoms with Gasteiger partial charge < -0.3 is 0 Å². The maximum atomic E-state index is 8.95.